The molecule has 0 spiro atoms. The number of fused-ring (bicyclic) bond motifs is 2. The molecule has 1 aromatic carbocycles. The van der Waals surface area contributed by atoms with Crippen LogP contribution in [0.3, 0.4) is 0 Å². The predicted molar refractivity (Wildman–Crippen MR) is 82.6 cm³/mol. The zero-order valence-electron chi connectivity index (χ0n) is 10.8. The standard InChI is InChI=1S/C15H11BrN4/c1-19-9-11(10-4-2-3-5-13(10)19)12-6-7-15-17-8-14(16)20(15)18-12/h2-9H,1H3. The summed E-state index contributed by atoms with van der Waals surface area (Å²) in [7, 11) is 2.05. The molecule has 4 rings (SSSR count). The summed E-state index contributed by atoms with van der Waals surface area (Å²) in [5.74, 6) is 0. The van der Waals surface area contributed by atoms with E-state index in [0.29, 0.717) is 0 Å². The summed E-state index contributed by atoms with van der Waals surface area (Å²) in [4.78, 5) is 4.27. The van der Waals surface area contributed by atoms with E-state index in [9.17, 15) is 0 Å². The van der Waals surface area contributed by atoms with E-state index in [4.69, 9.17) is 0 Å². The van der Waals surface area contributed by atoms with Gasteiger partial charge in [-0.3, -0.25) is 0 Å². The summed E-state index contributed by atoms with van der Waals surface area (Å²) in [5, 5.41) is 5.87. The first-order chi connectivity index (χ1) is 9.74. The van der Waals surface area contributed by atoms with Crippen molar-refractivity contribution in [3.05, 3.63) is 53.4 Å². The number of rotatable bonds is 1. The molecule has 4 aromatic rings. The number of nitrogens with zero attached hydrogens (tertiary/aromatic N) is 4. The monoisotopic (exact) mass is 326 g/mol. The van der Waals surface area contributed by atoms with Crippen molar-refractivity contribution in [1.29, 1.82) is 0 Å². The molecule has 0 unspecified atom stereocenters. The minimum Gasteiger partial charge on any atom is -0.350 e. The average molecular weight is 327 g/mol. The van der Waals surface area contributed by atoms with Gasteiger partial charge >= 0.3 is 0 Å². The lowest BCUT2D eigenvalue weighted by molar-refractivity contribution is 0.919. The molecule has 0 saturated heterocycles. The maximum atomic E-state index is 4.66. The molecular weight excluding hydrogens is 316 g/mol. The van der Waals surface area contributed by atoms with Crippen LogP contribution in [0.2, 0.25) is 0 Å². The fraction of sp³-hybridized carbons (Fsp3) is 0.0667. The highest BCUT2D eigenvalue weighted by molar-refractivity contribution is 9.10. The van der Waals surface area contributed by atoms with Gasteiger partial charge in [0.15, 0.2) is 5.65 Å². The van der Waals surface area contributed by atoms with Gasteiger partial charge in [-0.2, -0.15) is 5.10 Å². The molecule has 0 atom stereocenters. The molecule has 0 aliphatic heterocycles. The third kappa shape index (κ3) is 1.59. The maximum Gasteiger partial charge on any atom is 0.154 e. The Bertz CT molecular complexity index is 936. The Morgan fingerprint density at radius 1 is 1.10 bits per heavy atom. The molecule has 0 radical (unpaired) electrons. The van der Waals surface area contributed by atoms with Crippen LogP contribution in [0.4, 0.5) is 0 Å². The van der Waals surface area contributed by atoms with Crippen molar-refractivity contribution in [2.45, 2.75) is 0 Å². The van der Waals surface area contributed by atoms with Crippen LogP contribution in [0.1, 0.15) is 0 Å². The Kier molecular flexibility index (Phi) is 2.44. The molecule has 0 N–H and O–H groups in total. The van der Waals surface area contributed by atoms with E-state index in [-0.39, 0.29) is 0 Å². The van der Waals surface area contributed by atoms with Gasteiger partial charge in [0.25, 0.3) is 0 Å². The van der Waals surface area contributed by atoms with Gasteiger partial charge in [-0.05, 0) is 34.1 Å². The first-order valence-electron chi connectivity index (χ1n) is 6.29. The SMILES string of the molecule is Cn1cc(-c2ccc3ncc(Br)n3n2)c2ccccc21. The van der Waals surface area contributed by atoms with Gasteiger partial charge in [-0.15, -0.1) is 0 Å². The molecule has 3 heterocycles. The first kappa shape index (κ1) is 11.7. The van der Waals surface area contributed by atoms with Crippen LogP contribution in [0.5, 0.6) is 0 Å². The minimum atomic E-state index is 0.834. The van der Waals surface area contributed by atoms with E-state index in [1.165, 1.54) is 10.9 Å². The van der Waals surface area contributed by atoms with Gasteiger partial charge in [0, 0.05) is 29.7 Å². The van der Waals surface area contributed by atoms with E-state index in [1.807, 2.05) is 12.1 Å². The smallest absolute Gasteiger partial charge is 0.154 e. The molecule has 20 heavy (non-hydrogen) atoms. The van der Waals surface area contributed by atoms with Gasteiger partial charge in [0.2, 0.25) is 0 Å². The van der Waals surface area contributed by atoms with Gasteiger partial charge in [0.1, 0.15) is 4.60 Å². The van der Waals surface area contributed by atoms with Crippen molar-refractivity contribution >= 4 is 32.5 Å². The zero-order chi connectivity index (χ0) is 13.7. The van der Waals surface area contributed by atoms with Crippen molar-refractivity contribution in [2.24, 2.45) is 7.05 Å². The number of halogens is 1. The molecule has 0 aliphatic rings. The summed E-state index contributed by atoms with van der Waals surface area (Å²) in [6.07, 6.45) is 3.87. The second-order valence-corrected chi connectivity index (χ2v) is 5.55. The summed E-state index contributed by atoms with van der Waals surface area (Å²) < 4.78 is 4.78. The van der Waals surface area contributed by atoms with Crippen LogP contribution < -0.4 is 0 Å². The number of imidazole rings is 1. The van der Waals surface area contributed by atoms with Crippen LogP contribution in [0, 0.1) is 0 Å². The van der Waals surface area contributed by atoms with Crippen LogP contribution >= 0.6 is 15.9 Å². The van der Waals surface area contributed by atoms with E-state index >= 15 is 0 Å². The lowest BCUT2D eigenvalue weighted by atomic mass is 10.1. The van der Waals surface area contributed by atoms with Gasteiger partial charge in [-0.25, -0.2) is 9.50 Å². The Hall–Kier alpha value is -2.14. The highest BCUT2D eigenvalue weighted by atomic mass is 79.9. The quantitative estimate of drug-likeness (QED) is 0.535. The molecule has 0 amide bonds. The van der Waals surface area contributed by atoms with E-state index in [2.05, 4.69) is 68.1 Å². The largest absolute Gasteiger partial charge is 0.350 e. The van der Waals surface area contributed by atoms with Crippen molar-refractivity contribution in [1.82, 2.24) is 19.2 Å². The highest BCUT2D eigenvalue weighted by Gasteiger charge is 2.11. The molecule has 5 heteroatoms. The molecule has 0 fully saturated rings. The van der Waals surface area contributed by atoms with Crippen LogP contribution in [-0.2, 0) is 7.05 Å². The number of aromatic nitrogens is 4. The second-order valence-electron chi connectivity index (χ2n) is 4.74. The Balaban J connectivity index is 2.03. The van der Waals surface area contributed by atoms with E-state index in [1.54, 1.807) is 10.7 Å². The number of aryl methyl sites for hydroxylation is 1. The third-order valence-electron chi connectivity index (χ3n) is 3.49. The maximum absolute atomic E-state index is 4.66. The normalized spacial score (nSPS) is 11.5. The zero-order valence-corrected chi connectivity index (χ0v) is 12.4. The Morgan fingerprint density at radius 3 is 2.85 bits per heavy atom. The Labute approximate surface area is 123 Å². The summed E-state index contributed by atoms with van der Waals surface area (Å²) >= 11 is 3.46. The van der Waals surface area contributed by atoms with Crippen molar-refractivity contribution in [3.63, 3.8) is 0 Å². The van der Waals surface area contributed by atoms with Crippen molar-refractivity contribution in [2.75, 3.05) is 0 Å². The summed E-state index contributed by atoms with van der Waals surface area (Å²) in [6.45, 7) is 0. The van der Waals surface area contributed by atoms with Gasteiger partial charge in [-0.1, -0.05) is 18.2 Å². The number of benzene rings is 1. The number of para-hydroxylation sites is 1. The van der Waals surface area contributed by atoms with Crippen LogP contribution in [0.25, 0.3) is 27.8 Å². The van der Waals surface area contributed by atoms with Gasteiger partial charge in [0.05, 0.1) is 11.9 Å². The average Bonchev–Trinajstić information content (AvgIpc) is 3.01. The highest BCUT2D eigenvalue weighted by Crippen LogP contribution is 2.29. The van der Waals surface area contributed by atoms with Crippen LogP contribution in [0.15, 0.2) is 53.4 Å². The summed E-state index contributed by atoms with van der Waals surface area (Å²) in [5.41, 5.74) is 4.11. The third-order valence-corrected chi connectivity index (χ3v) is 4.03. The summed E-state index contributed by atoms with van der Waals surface area (Å²) in [6, 6.07) is 12.3. The minimum absolute atomic E-state index is 0.834. The molecular formula is C15H11BrN4. The fourth-order valence-electron chi connectivity index (χ4n) is 2.53. The molecule has 0 saturated carbocycles. The number of hydrogen-bond donors (Lipinski definition) is 0. The predicted octanol–water partition coefficient (Wildman–Crippen LogP) is 3.65. The lowest BCUT2D eigenvalue weighted by Gasteiger charge is -2.00. The molecule has 3 aromatic heterocycles. The van der Waals surface area contributed by atoms with E-state index < -0.39 is 0 Å². The topological polar surface area (TPSA) is 35.1 Å². The molecule has 98 valence electrons. The van der Waals surface area contributed by atoms with Crippen LogP contribution in [-0.4, -0.2) is 19.2 Å². The molecule has 0 bridgehead atoms. The molecule has 0 aliphatic carbocycles. The number of hydrogen-bond acceptors (Lipinski definition) is 2. The fourth-order valence-corrected chi connectivity index (χ4v) is 2.90. The van der Waals surface area contributed by atoms with Crippen molar-refractivity contribution in [3.8, 4) is 11.3 Å². The van der Waals surface area contributed by atoms with E-state index in [0.717, 1.165) is 21.5 Å². The second kappa shape index (κ2) is 4.18. The van der Waals surface area contributed by atoms with Crippen molar-refractivity contribution < 1.29 is 0 Å². The lowest BCUT2D eigenvalue weighted by Crippen LogP contribution is -1.94. The van der Waals surface area contributed by atoms with Gasteiger partial charge < -0.3 is 4.57 Å². The Morgan fingerprint density at radius 2 is 1.95 bits per heavy atom. The molecule has 4 nitrogen and oxygen atoms in total. The first-order valence-corrected chi connectivity index (χ1v) is 7.08.